The van der Waals surface area contributed by atoms with Crippen LogP contribution in [-0.4, -0.2) is 56.7 Å². The number of nitrogens with zero attached hydrogens (tertiary/aromatic N) is 2. The fraction of sp³-hybridized carbons (Fsp3) is 0.708. The maximum absolute atomic E-state index is 12.9. The average molecular weight is 436 g/mol. The van der Waals surface area contributed by atoms with Gasteiger partial charge in [-0.15, -0.1) is 0 Å². The average Bonchev–Trinajstić information content (AvgIpc) is 3.19. The van der Waals surface area contributed by atoms with Gasteiger partial charge in [0.25, 0.3) is 5.91 Å². The van der Waals surface area contributed by atoms with Crippen molar-refractivity contribution in [2.75, 3.05) is 44.7 Å². The summed E-state index contributed by atoms with van der Waals surface area (Å²) in [6.45, 7) is 6.63. The molecule has 1 fully saturated rings. The van der Waals surface area contributed by atoms with Crippen LogP contribution >= 0.6 is 11.6 Å². The molecular formula is C24H38ClN3O2. The second-order valence-electron chi connectivity index (χ2n) is 8.73. The van der Waals surface area contributed by atoms with Gasteiger partial charge in [-0.1, -0.05) is 57.0 Å². The van der Waals surface area contributed by atoms with Crippen molar-refractivity contribution in [3.05, 3.63) is 22.7 Å². The fourth-order valence-electron chi connectivity index (χ4n) is 4.59. The number of ether oxygens (including phenoxy) is 1. The lowest BCUT2D eigenvalue weighted by Gasteiger charge is -2.29. The number of benzene rings is 1. The fourth-order valence-corrected chi connectivity index (χ4v) is 4.80. The number of halogens is 1. The van der Waals surface area contributed by atoms with Gasteiger partial charge in [0.05, 0.1) is 17.8 Å². The Morgan fingerprint density at radius 3 is 2.73 bits per heavy atom. The smallest absolute Gasteiger partial charge is 0.255 e. The Morgan fingerprint density at radius 1 is 1.17 bits per heavy atom. The monoisotopic (exact) mass is 435 g/mol. The van der Waals surface area contributed by atoms with Crippen LogP contribution in [0, 0.1) is 0 Å². The number of hydrogen-bond acceptors (Lipinski definition) is 4. The van der Waals surface area contributed by atoms with Crippen LogP contribution in [0.25, 0.3) is 0 Å². The Balaban J connectivity index is 1.47. The Labute approximate surface area is 187 Å². The summed E-state index contributed by atoms with van der Waals surface area (Å²) in [4.78, 5) is 17.6. The number of likely N-dealkylation sites (N-methyl/N-ethyl adjacent to an activating group) is 1. The van der Waals surface area contributed by atoms with Gasteiger partial charge < -0.3 is 15.0 Å². The molecule has 1 unspecified atom stereocenters. The van der Waals surface area contributed by atoms with E-state index < -0.39 is 0 Å². The molecule has 30 heavy (non-hydrogen) atoms. The predicted molar refractivity (Wildman–Crippen MR) is 125 cm³/mol. The van der Waals surface area contributed by atoms with Gasteiger partial charge in [-0.2, -0.15) is 0 Å². The third-order valence-corrected chi connectivity index (χ3v) is 6.63. The third kappa shape index (κ3) is 6.27. The zero-order valence-electron chi connectivity index (χ0n) is 18.7. The summed E-state index contributed by atoms with van der Waals surface area (Å²) in [5, 5.41) is 3.72. The van der Waals surface area contributed by atoms with Crippen molar-refractivity contribution in [2.45, 2.75) is 70.8 Å². The lowest BCUT2D eigenvalue weighted by molar-refractivity contribution is 0.0936. The zero-order chi connectivity index (χ0) is 21.3. The minimum absolute atomic E-state index is 0.0909. The third-order valence-electron chi connectivity index (χ3n) is 6.41. The topological polar surface area (TPSA) is 44.8 Å². The van der Waals surface area contributed by atoms with Crippen LogP contribution in [0.4, 0.5) is 5.69 Å². The minimum Gasteiger partial charge on any atom is -0.489 e. The Bertz CT molecular complexity index is 697. The highest BCUT2D eigenvalue weighted by molar-refractivity contribution is 6.31. The molecule has 0 spiro atoms. The van der Waals surface area contributed by atoms with Crippen LogP contribution in [-0.2, 0) is 0 Å². The molecule has 1 aromatic rings. The molecule has 2 aliphatic rings. The van der Waals surface area contributed by atoms with Crippen molar-refractivity contribution in [3.63, 3.8) is 0 Å². The molecule has 2 aliphatic heterocycles. The lowest BCUT2D eigenvalue weighted by Crippen LogP contribution is -2.41. The zero-order valence-corrected chi connectivity index (χ0v) is 19.5. The summed E-state index contributed by atoms with van der Waals surface area (Å²) < 4.78 is 5.82. The summed E-state index contributed by atoms with van der Waals surface area (Å²) in [6, 6.07) is 4.03. The molecule has 2 heterocycles. The molecule has 0 saturated carbocycles. The number of unbranched alkanes of at least 4 members (excludes halogenated alkanes) is 6. The van der Waals surface area contributed by atoms with E-state index >= 15 is 0 Å². The number of nitrogens with one attached hydrogen (secondary N) is 1. The van der Waals surface area contributed by atoms with Gasteiger partial charge in [0.15, 0.2) is 5.75 Å². The normalized spacial score (nSPS) is 18.9. The molecule has 5 nitrogen and oxygen atoms in total. The molecule has 0 radical (unpaired) electrons. The number of hydrogen-bond donors (Lipinski definition) is 1. The molecule has 1 amide bonds. The van der Waals surface area contributed by atoms with E-state index in [2.05, 4.69) is 22.0 Å². The van der Waals surface area contributed by atoms with Crippen LogP contribution in [0.3, 0.4) is 0 Å². The lowest BCUT2D eigenvalue weighted by atomic mass is 10.1. The molecule has 0 aromatic heterocycles. The number of fused-ring (bicyclic) bond motifs is 1. The SMILES string of the molecule is CCCCCCCCCN1CCCC1CNC(=O)c1cc(Cl)cc2c1OCCN2C. The van der Waals surface area contributed by atoms with E-state index in [1.165, 1.54) is 51.4 Å². The van der Waals surface area contributed by atoms with Gasteiger partial charge in [-0.25, -0.2) is 0 Å². The molecule has 168 valence electrons. The first-order valence-corrected chi connectivity index (χ1v) is 12.2. The van der Waals surface area contributed by atoms with Crippen LogP contribution in [0.2, 0.25) is 5.02 Å². The molecule has 1 atom stereocenters. The highest BCUT2D eigenvalue weighted by atomic mass is 35.5. The summed E-state index contributed by atoms with van der Waals surface area (Å²) in [6.07, 6.45) is 11.7. The van der Waals surface area contributed by atoms with Crippen LogP contribution in [0.15, 0.2) is 12.1 Å². The highest BCUT2D eigenvalue weighted by Crippen LogP contribution is 2.37. The summed E-state index contributed by atoms with van der Waals surface area (Å²) in [7, 11) is 2.00. The quantitative estimate of drug-likeness (QED) is 0.490. The number of likely N-dealkylation sites (tertiary alicyclic amines) is 1. The maximum Gasteiger partial charge on any atom is 0.255 e. The van der Waals surface area contributed by atoms with E-state index in [-0.39, 0.29) is 5.91 Å². The standard InChI is InChI=1S/C24H38ClN3O2/c1-3-4-5-6-7-8-9-12-28-13-10-11-20(28)18-26-24(29)21-16-19(25)17-22-23(21)30-15-14-27(22)2/h16-17,20H,3-15,18H2,1-2H3,(H,26,29). The first-order valence-electron chi connectivity index (χ1n) is 11.8. The molecule has 0 bridgehead atoms. The van der Waals surface area contributed by atoms with Crippen LogP contribution in [0.1, 0.15) is 75.1 Å². The molecule has 1 N–H and O–H groups in total. The first kappa shape index (κ1) is 23.2. The summed E-state index contributed by atoms with van der Waals surface area (Å²) >= 11 is 6.28. The molecular weight excluding hydrogens is 398 g/mol. The second kappa shape index (κ2) is 11.8. The Kier molecular flexibility index (Phi) is 9.13. The van der Waals surface area contributed by atoms with E-state index in [9.17, 15) is 4.79 Å². The van der Waals surface area contributed by atoms with E-state index in [0.717, 1.165) is 31.7 Å². The van der Waals surface area contributed by atoms with Crippen molar-refractivity contribution in [2.24, 2.45) is 0 Å². The summed E-state index contributed by atoms with van der Waals surface area (Å²) in [5.41, 5.74) is 1.43. The molecule has 6 heteroatoms. The number of carbonyl (C=O) groups is 1. The van der Waals surface area contributed by atoms with Crippen molar-refractivity contribution in [3.8, 4) is 5.75 Å². The van der Waals surface area contributed by atoms with Gasteiger partial charge in [0.2, 0.25) is 0 Å². The molecule has 1 saturated heterocycles. The Morgan fingerprint density at radius 2 is 1.93 bits per heavy atom. The highest BCUT2D eigenvalue weighted by Gasteiger charge is 2.27. The predicted octanol–water partition coefficient (Wildman–Crippen LogP) is 5.11. The Hall–Kier alpha value is -1.46. The van der Waals surface area contributed by atoms with Crippen molar-refractivity contribution in [1.29, 1.82) is 0 Å². The van der Waals surface area contributed by atoms with Gasteiger partial charge in [-0.05, 0) is 44.5 Å². The van der Waals surface area contributed by atoms with E-state index in [0.29, 0.717) is 35.5 Å². The maximum atomic E-state index is 12.9. The number of carbonyl (C=O) groups excluding carboxylic acids is 1. The van der Waals surface area contributed by atoms with Crippen molar-refractivity contribution >= 4 is 23.2 Å². The van der Waals surface area contributed by atoms with Gasteiger partial charge in [-0.3, -0.25) is 9.69 Å². The first-order chi connectivity index (χ1) is 14.6. The van der Waals surface area contributed by atoms with Crippen LogP contribution < -0.4 is 15.0 Å². The van der Waals surface area contributed by atoms with Crippen LogP contribution in [0.5, 0.6) is 5.75 Å². The van der Waals surface area contributed by atoms with E-state index in [1.807, 2.05) is 13.1 Å². The van der Waals surface area contributed by atoms with Crippen molar-refractivity contribution < 1.29 is 9.53 Å². The van der Waals surface area contributed by atoms with E-state index in [4.69, 9.17) is 16.3 Å². The number of rotatable bonds is 11. The number of amides is 1. The number of anilines is 1. The minimum atomic E-state index is -0.0909. The summed E-state index contributed by atoms with van der Waals surface area (Å²) in [5.74, 6) is 0.559. The van der Waals surface area contributed by atoms with E-state index in [1.54, 1.807) is 6.07 Å². The van der Waals surface area contributed by atoms with Crippen molar-refractivity contribution in [1.82, 2.24) is 10.2 Å². The van der Waals surface area contributed by atoms with Gasteiger partial charge in [0.1, 0.15) is 6.61 Å². The van der Waals surface area contributed by atoms with Gasteiger partial charge >= 0.3 is 0 Å². The second-order valence-corrected chi connectivity index (χ2v) is 9.17. The molecule has 3 rings (SSSR count). The largest absolute Gasteiger partial charge is 0.489 e. The molecule has 1 aromatic carbocycles. The van der Waals surface area contributed by atoms with Gasteiger partial charge in [0, 0.05) is 24.7 Å². The molecule has 0 aliphatic carbocycles.